The number of nitrogens with zero attached hydrogens (tertiary/aromatic N) is 1. The number of benzene rings is 1. The molecular weight excluding hydrogens is 204 g/mol. The third kappa shape index (κ3) is 2.02. The summed E-state index contributed by atoms with van der Waals surface area (Å²) in [5.74, 6) is 0.539. The van der Waals surface area contributed by atoms with Crippen molar-refractivity contribution in [2.75, 3.05) is 18.0 Å². The summed E-state index contributed by atoms with van der Waals surface area (Å²) in [6.45, 7) is 1.18. The number of phenolic OH excluding ortho intramolecular Hbond substituents is 1. The molecule has 1 heterocycles. The molecule has 0 radical (unpaired) electrons. The van der Waals surface area contributed by atoms with Gasteiger partial charge in [-0.1, -0.05) is 12.1 Å². The Morgan fingerprint density at radius 1 is 1.44 bits per heavy atom. The highest BCUT2D eigenvalue weighted by Crippen LogP contribution is 2.30. The third-order valence-corrected chi connectivity index (χ3v) is 3.01. The summed E-state index contributed by atoms with van der Waals surface area (Å²) in [4.78, 5) is 13.4. The van der Waals surface area contributed by atoms with E-state index >= 15 is 0 Å². The van der Waals surface area contributed by atoms with Gasteiger partial charge in [-0.05, 0) is 31.0 Å². The molecule has 0 aliphatic carbocycles. The lowest BCUT2D eigenvalue weighted by Gasteiger charge is -2.32. The first-order valence-corrected chi connectivity index (χ1v) is 5.51. The molecule has 2 rings (SSSR count). The number of carbonyl (C=O) groups is 1. The molecule has 1 atom stereocenters. The maximum Gasteiger partial charge on any atom is 0.227 e. The molecule has 1 aromatic carbocycles. The van der Waals surface area contributed by atoms with Crippen LogP contribution < -0.4 is 10.6 Å². The van der Waals surface area contributed by atoms with Crippen molar-refractivity contribution in [3.05, 3.63) is 24.3 Å². The van der Waals surface area contributed by atoms with E-state index < -0.39 is 0 Å². The topological polar surface area (TPSA) is 66.6 Å². The van der Waals surface area contributed by atoms with Crippen LogP contribution in [0.15, 0.2) is 24.3 Å². The molecule has 4 nitrogen and oxygen atoms in total. The van der Waals surface area contributed by atoms with Crippen LogP contribution in [0, 0.1) is 5.92 Å². The molecule has 0 aromatic heterocycles. The van der Waals surface area contributed by atoms with Crippen LogP contribution in [0.1, 0.15) is 12.8 Å². The monoisotopic (exact) mass is 220 g/mol. The molecule has 0 bridgehead atoms. The van der Waals surface area contributed by atoms with Gasteiger partial charge in [-0.3, -0.25) is 4.79 Å². The molecule has 1 aliphatic heterocycles. The van der Waals surface area contributed by atoms with Gasteiger partial charge >= 0.3 is 0 Å². The first kappa shape index (κ1) is 11.0. The van der Waals surface area contributed by atoms with E-state index in [1.54, 1.807) is 23.1 Å². The molecule has 1 saturated heterocycles. The van der Waals surface area contributed by atoms with Gasteiger partial charge in [-0.15, -0.1) is 0 Å². The summed E-state index contributed by atoms with van der Waals surface area (Å²) in [5.41, 5.74) is 6.22. The van der Waals surface area contributed by atoms with Gasteiger partial charge in [0.05, 0.1) is 5.69 Å². The van der Waals surface area contributed by atoms with Crippen molar-refractivity contribution in [1.29, 1.82) is 0 Å². The Labute approximate surface area is 94.7 Å². The van der Waals surface area contributed by atoms with Crippen molar-refractivity contribution in [2.45, 2.75) is 12.8 Å². The molecule has 4 heteroatoms. The SMILES string of the molecule is NCC1CCC(=O)N(c2ccccc2O)C1. The van der Waals surface area contributed by atoms with Crippen molar-refractivity contribution in [3.8, 4) is 5.75 Å². The van der Waals surface area contributed by atoms with Crippen LogP contribution in [0.4, 0.5) is 5.69 Å². The lowest BCUT2D eigenvalue weighted by atomic mass is 9.97. The number of hydrogen-bond donors (Lipinski definition) is 2. The van der Waals surface area contributed by atoms with Crippen LogP contribution in [0.25, 0.3) is 0 Å². The highest BCUT2D eigenvalue weighted by Gasteiger charge is 2.27. The van der Waals surface area contributed by atoms with Gasteiger partial charge in [-0.2, -0.15) is 0 Å². The van der Waals surface area contributed by atoms with E-state index in [2.05, 4.69) is 0 Å². The first-order chi connectivity index (χ1) is 7.72. The zero-order valence-electron chi connectivity index (χ0n) is 9.10. The van der Waals surface area contributed by atoms with E-state index in [4.69, 9.17) is 5.73 Å². The molecule has 3 N–H and O–H groups in total. The summed E-state index contributed by atoms with van der Waals surface area (Å²) < 4.78 is 0. The van der Waals surface area contributed by atoms with Crippen LogP contribution >= 0.6 is 0 Å². The quantitative estimate of drug-likeness (QED) is 0.784. The summed E-state index contributed by atoms with van der Waals surface area (Å²) in [5, 5.41) is 9.71. The molecule has 1 unspecified atom stereocenters. The van der Waals surface area contributed by atoms with Gasteiger partial charge in [0.25, 0.3) is 0 Å². The minimum Gasteiger partial charge on any atom is -0.506 e. The Kier molecular flexibility index (Phi) is 3.10. The Morgan fingerprint density at radius 3 is 2.88 bits per heavy atom. The Bertz CT molecular complexity index is 392. The van der Waals surface area contributed by atoms with Gasteiger partial charge in [0.1, 0.15) is 5.75 Å². The average Bonchev–Trinajstić information content (AvgIpc) is 2.31. The zero-order valence-corrected chi connectivity index (χ0v) is 9.10. The molecule has 1 aliphatic rings. The van der Waals surface area contributed by atoms with Crippen LogP contribution in [-0.2, 0) is 4.79 Å². The maximum absolute atomic E-state index is 11.8. The number of carbonyl (C=O) groups excluding carboxylic acids is 1. The molecule has 1 amide bonds. The lowest BCUT2D eigenvalue weighted by molar-refractivity contribution is -0.120. The predicted molar refractivity (Wildman–Crippen MR) is 62.2 cm³/mol. The smallest absolute Gasteiger partial charge is 0.227 e. The summed E-state index contributed by atoms with van der Waals surface area (Å²) in [6, 6.07) is 6.91. The highest BCUT2D eigenvalue weighted by molar-refractivity contribution is 5.95. The fraction of sp³-hybridized carbons (Fsp3) is 0.417. The number of nitrogens with two attached hydrogens (primary N) is 1. The van der Waals surface area contributed by atoms with E-state index in [1.165, 1.54) is 0 Å². The second-order valence-corrected chi connectivity index (χ2v) is 4.13. The van der Waals surface area contributed by atoms with E-state index in [0.29, 0.717) is 31.1 Å². The average molecular weight is 220 g/mol. The van der Waals surface area contributed by atoms with E-state index in [-0.39, 0.29) is 11.7 Å². The van der Waals surface area contributed by atoms with Crippen molar-refractivity contribution in [3.63, 3.8) is 0 Å². The van der Waals surface area contributed by atoms with Gasteiger partial charge in [0, 0.05) is 13.0 Å². The molecule has 0 spiro atoms. The van der Waals surface area contributed by atoms with E-state index in [9.17, 15) is 9.90 Å². The first-order valence-electron chi connectivity index (χ1n) is 5.51. The van der Waals surface area contributed by atoms with Crippen LogP contribution in [0.5, 0.6) is 5.75 Å². The second-order valence-electron chi connectivity index (χ2n) is 4.13. The second kappa shape index (κ2) is 4.53. The van der Waals surface area contributed by atoms with Crippen molar-refractivity contribution in [1.82, 2.24) is 0 Å². The number of para-hydroxylation sites is 2. The number of hydrogen-bond acceptors (Lipinski definition) is 3. The lowest BCUT2D eigenvalue weighted by Crippen LogP contribution is -2.42. The molecule has 1 aromatic rings. The predicted octanol–water partition coefficient (Wildman–Crippen LogP) is 1.09. The fourth-order valence-electron chi connectivity index (χ4n) is 2.03. The minimum atomic E-state index is 0.0613. The van der Waals surface area contributed by atoms with Gasteiger partial charge in [0.15, 0.2) is 0 Å². The molecule has 86 valence electrons. The Balaban J connectivity index is 2.25. The Hall–Kier alpha value is -1.55. The van der Waals surface area contributed by atoms with E-state index in [0.717, 1.165) is 6.42 Å². The molecule has 16 heavy (non-hydrogen) atoms. The minimum absolute atomic E-state index is 0.0613. The number of amides is 1. The molecule has 0 saturated carbocycles. The highest BCUT2D eigenvalue weighted by atomic mass is 16.3. The summed E-state index contributed by atoms with van der Waals surface area (Å²) >= 11 is 0. The van der Waals surface area contributed by atoms with Gasteiger partial charge < -0.3 is 15.7 Å². The van der Waals surface area contributed by atoms with Crippen molar-refractivity contribution >= 4 is 11.6 Å². The Morgan fingerprint density at radius 2 is 2.19 bits per heavy atom. The largest absolute Gasteiger partial charge is 0.506 e. The number of anilines is 1. The normalized spacial score (nSPS) is 21.2. The number of piperidine rings is 1. The van der Waals surface area contributed by atoms with Gasteiger partial charge in [-0.25, -0.2) is 0 Å². The number of aromatic hydroxyl groups is 1. The van der Waals surface area contributed by atoms with Crippen molar-refractivity contribution < 1.29 is 9.90 Å². The van der Waals surface area contributed by atoms with Crippen LogP contribution in [0.2, 0.25) is 0 Å². The summed E-state index contributed by atoms with van der Waals surface area (Å²) in [6.07, 6.45) is 1.36. The van der Waals surface area contributed by atoms with Crippen molar-refractivity contribution in [2.24, 2.45) is 11.7 Å². The standard InChI is InChI=1S/C12H16N2O2/c13-7-9-5-6-12(16)14(8-9)10-3-1-2-4-11(10)15/h1-4,9,15H,5-8,13H2. The maximum atomic E-state index is 11.8. The summed E-state index contributed by atoms with van der Waals surface area (Å²) in [7, 11) is 0. The van der Waals surface area contributed by atoms with Crippen LogP contribution in [-0.4, -0.2) is 24.1 Å². The molecular formula is C12H16N2O2. The number of rotatable bonds is 2. The number of phenols is 1. The van der Waals surface area contributed by atoms with E-state index in [1.807, 2.05) is 6.07 Å². The van der Waals surface area contributed by atoms with Gasteiger partial charge in [0.2, 0.25) is 5.91 Å². The zero-order chi connectivity index (χ0) is 11.5. The van der Waals surface area contributed by atoms with Crippen LogP contribution in [0.3, 0.4) is 0 Å². The third-order valence-electron chi connectivity index (χ3n) is 3.01. The molecule has 1 fully saturated rings. The fourth-order valence-corrected chi connectivity index (χ4v) is 2.03.